The van der Waals surface area contributed by atoms with Crippen molar-refractivity contribution >= 4 is 33.6 Å². The van der Waals surface area contributed by atoms with Gasteiger partial charge in [-0.05, 0) is 22.9 Å². The Bertz CT molecular complexity index is 474. The summed E-state index contributed by atoms with van der Waals surface area (Å²) in [5, 5.41) is 0.782. The molecule has 116 valence electrons. The molecular weight excluding hydrogens is 331 g/mol. The van der Waals surface area contributed by atoms with Gasteiger partial charge >= 0.3 is 18.2 Å². The lowest BCUT2D eigenvalue weighted by Crippen LogP contribution is -2.48. The van der Waals surface area contributed by atoms with Gasteiger partial charge in [0.15, 0.2) is 0 Å². The molecular formula is C10H10F3N3O3S2. The van der Waals surface area contributed by atoms with Crippen LogP contribution in [0.25, 0.3) is 0 Å². The molecule has 0 bridgehead atoms. The van der Waals surface area contributed by atoms with E-state index in [0.717, 1.165) is 5.03 Å². The van der Waals surface area contributed by atoms with Crippen LogP contribution in [0.1, 0.15) is 0 Å². The zero-order chi connectivity index (χ0) is 15.7. The van der Waals surface area contributed by atoms with Crippen molar-refractivity contribution in [2.45, 2.75) is 11.2 Å². The Hall–Kier alpha value is -1.62. The zero-order valence-corrected chi connectivity index (χ0v) is 12.0. The van der Waals surface area contributed by atoms with Gasteiger partial charge in [0.05, 0.1) is 0 Å². The second-order valence-electron chi connectivity index (χ2n) is 3.29. The lowest BCUT2D eigenvalue weighted by Gasteiger charge is -2.09. The number of carbonyl (C=O) groups excluding carboxylic acids is 2. The average molecular weight is 341 g/mol. The molecule has 0 radical (unpaired) electrons. The highest BCUT2D eigenvalue weighted by atomic mass is 33.1. The van der Waals surface area contributed by atoms with Gasteiger partial charge in [-0.3, -0.25) is 10.2 Å². The standard InChI is InChI=1S/C10H10F3N3O3S2/c11-10(12,13)8(17)15-16-9(18)19-5-6-20-21-7-3-1-2-4-14-7/h1-4H,5-6H2,(H,15,17)(H,16,18). The first-order valence-electron chi connectivity index (χ1n) is 5.40. The Morgan fingerprint density at radius 3 is 2.67 bits per heavy atom. The van der Waals surface area contributed by atoms with E-state index >= 15 is 0 Å². The Labute approximate surface area is 125 Å². The van der Waals surface area contributed by atoms with Crippen molar-refractivity contribution in [3.05, 3.63) is 24.4 Å². The van der Waals surface area contributed by atoms with Crippen LogP contribution in [-0.4, -0.2) is 35.5 Å². The monoisotopic (exact) mass is 341 g/mol. The largest absolute Gasteiger partial charge is 0.472 e. The molecule has 0 aliphatic rings. The fraction of sp³-hybridized carbons (Fsp3) is 0.300. The molecule has 1 aromatic heterocycles. The second kappa shape index (κ2) is 8.62. The van der Waals surface area contributed by atoms with E-state index in [0.29, 0.717) is 5.75 Å². The van der Waals surface area contributed by atoms with Crippen LogP contribution in [-0.2, 0) is 9.53 Å². The molecule has 2 N–H and O–H groups in total. The first-order valence-corrected chi connectivity index (χ1v) is 7.72. The van der Waals surface area contributed by atoms with Crippen molar-refractivity contribution in [3.63, 3.8) is 0 Å². The normalized spacial score (nSPS) is 10.8. The molecule has 0 atom stereocenters. The number of aromatic nitrogens is 1. The van der Waals surface area contributed by atoms with Crippen molar-refractivity contribution in [2.75, 3.05) is 12.4 Å². The molecule has 2 amide bonds. The third-order valence-corrected chi connectivity index (χ3v) is 3.95. The Balaban J connectivity index is 2.07. The molecule has 0 aromatic carbocycles. The fourth-order valence-electron chi connectivity index (χ4n) is 0.882. The summed E-state index contributed by atoms with van der Waals surface area (Å²) in [7, 11) is 2.73. The van der Waals surface area contributed by atoms with Crippen LogP contribution in [0.3, 0.4) is 0 Å². The Morgan fingerprint density at radius 2 is 2.05 bits per heavy atom. The number of hydrazine groups is 1. The summed E-state index contributed by atoms with van der Waals surface area (Å²) in [6.45, 7) is -0.0295. The minimum atomic E-state index is -5.07. The molecule has 0 saturated heterocycles. The van der Waals surface area contributed by atoms with Gasteiger partial charge in [0, 0.05) is 11.9 Å². The van der Waals surface area contributed by atoms with Crippen molar-refractivity contribution < 1.29 is 27.5 Å². The predicted molar refractivity (Wildman–Crippen MR) is 71.2 cm³/mol. The molecule has 1 aromatic rings. The quantitative estimate of drug-likeness (QED) is 0.485. The smallest absolute Gasteiger partial charge is 0.447 e. The maximum atomic E-state index is 11.8. The molecule has 0 saturated carbocycles. The first kappa shape index (κ1) is 17.4. The summed E-state index contributed by atoms with van der Waals surface area (Å²) in [4.78, 5) is 25.4. The lowest BCUT2D eigenvalue weighted by molar-refractivity contribution is -0.174. The van der Waals surface area contributed by atoms with Gasteiger partial charge in [-0.25, -0.2) is 15.2 Å². The number of ether oxygens (including phenoxy) is 1. The number of hydrogen-bond acceptors (Lipinski definition) is 6. The van der Waals surface area contributed by atoms with Crippen molar-refractivity contribution in [1.82, 2.24) is 15.8 Å². The lowest BCUT2D eigenvalue weighted by atomic mass is 10.5. The van der Waals surface area contributed by atoms with E-state index in [-0.39, 0.29) is 6.61 Å². The summed E-state index contributed by atoms with van der Waals surface area (Å²) in [6.07, 6.45) is -4.60. The van der Waals surface area contributed by atoms with Crippen molar-refractivity contribution in [1.29, 1.82) is 0 Å². The highest BCUT2D eigenvalue weighted by Gasteiger charge is 2.39. The third kappa shape index (κ3) is 7.66. The van der Waals surface area contributed by atoms with Gasteiger partial charge in [0.1, 0.15) is 11.6 Å². The van der Waals surface area contributed by atoms with Crippen LogP contribution in [0.2, 0.25) is 0 Å². The van der Waals surface area contributed by atoms with Gasteiger partial charge in [-0.1, -0.05) is 16.9 Å². The van der Waals surface area contributed by atoms with Gasteiger partial charge in [-0.15, -0.1) is 0 Å². The molecule has 0 unspecified atom stereocenters. The number of amides is 2. The van der Waals surface area contributed by atoms with Crippen molar-refractivity contribution in [2.24, 2.45) is 0 Å². The molecule has 1 heterocycles. The number of hydrogen-bond donors (Lipinski definition) is 2. The number of rotatable bonds is 5. The van der Waals surface area contributed by atoms with E-state index in [1.165, 1.54) is 32.4 Å². The number of nitrogens with zero attached hydrogens (tertiary/aromatic N) is 1. The van der Waals surface area contributed by atoms with Gasteiger partial charge in [0.2, 0.25) is 0 Å². The molecule has 0 aliphatic heterocycles. The van der Waals surface area contributed by atoms with Crippen LogP contribution in [0.4, 0.5) is 18.0 Å². The average Bonchev–Trinajstić information content (AvgIpc) is 2.44. The molecule has 21 heavy (non-hydrogen) atoms. The van der Waals surface area contributed by atoms with Gasteiger partial charge in [0.25, 0.3) is 0 Å². The maximum Gasteiger partial charge on any atom is 0.472 e. The summed E-state index contributed by atoms with van der Waals surface area (Å²) < 4.78 is 39.9. The predicted octanol–water partition coefficient (Wildman–Crippen LogP) is 2.14. The molecule has 6 nitrogen and oxygen atoms in total. The minimum absolute atomic E-state index is 0.0295. The van der Waals surface area contributed by atoms with Crippen molar-refractivity contribution in [3.8, 4) is 0 Å². The SMILES string of the molecule is O=C(NNC(=O)C(F)(F)F)OCCSSc1ccccn1. The van der Waals surface area contributed by atoms with Crippen LogP contribution in [0.5, 0.6) is 0 Å². The van der Waals surface area contributed by atoms with E-state index in [2.05, 4.69) is 9.72 Å². The van der Waals surface area contributed by atoms with Gasteiger partial charge < -0.3 is 4.74 Å². The Kier molecular flexibility index (Phi) is 7.15. The molecule has 11 heteroatoms. The highest BCUT2D eigenvalue weighted by molar-refractivity contribution is 8.76. The summed E-state index contributed by atoms with van der Waals surface area (Å²) >= 11 is 0. The summed E-state index contributed by atoms with van der Waals surface area (Å²) in [5.74, 6) is -1.87. The number of carbonyl (C=O) groups is 2. The fourth-order valence-corrected chi connectivity index (χ4v) is 2.59. The van der Waals surface area contributed by atoms with E-state index in [1.54, 1.807) is 18.3 Å². The molecule has 0 spiro atoms. The maximum absolute atomic E-state index is 11.8. The molecule has 1 rings (SSSR count). The van der Waals surface area contributed by atoms with E-state index < -0.39 is 18.2 Å². The van der Waals surface area contributed by atoms with Crippen LogP contribution in [0, 0.1) is 0 Å². The van der Waals surface area contributed by atoms with E-state index in [4.69, 9.17) is 0 Å². The number of halogens is 3. The van der Waals surface area contributed by atoms with E-state index in [9.17, 15) is 22.8 Å². The van der Waals surface area contributed by atoms with Crippen LogP contribution >= 0.6 is 21.6 Å². The summed E-state index contributed by atoms with van der Waals surface area (Å²) in [6, 6.07) is 5.40. The van der Waals surface area contributed by atoms with E-state index in [1.807, 2.05) is 6.07 Å². The van der Waals surface area contributed by atoms with Crippen LogP contribution < -0.4 is 10.9 Å². The van der Waals surface area contributed by atoms with Crippen LogP contribution in [0.15, 0.2) is 29.4 Å². The second-order valence-corrected chi connectivity index (χ2v) is 5.72. The molecule has 0 aliphatic carbocycles. The minimum Gasteiger partial charge on any atom is -0.447 e. The summed E-state index contributed by atoms with van der Waals surface area (Å²) in [5.41, 5.74) is 2.67. The molecule has 0 fully saturated rings. The first-order chi connectivity index (χ1) is 9.89. The number of nitrogens with one attached hydrogen (secondary N) is 2. The highest BCUT2D eigenvalue weighted by Crippen LogP contribution is 2.28. The Morgan fingerprint density at radius 1 is 1.29 bits per heavy atom. The van der Waals surface area contributed by atoms with Gasteiger partial charge in [-0.2, -0.15) is 13.2 Å². The zero-order valence-electron chi connectivity index (χ0n) is 10.3. The topological polar surface area (TPSA) is 80.3 Å². The number of alkyl halides is 3. The number of pyridine rings is 1. The third-order valence-electron chi connectivity index (χ3n) is 1.72.